The van der Waals surface area contributed by atoms with E-state index in [1.165, 1.54) is 19.3 Å². The maximum Gasteiger partial charge on any atom is 0.0301 e. The van der Waals surface area contributed by atoms with Crippen LogP contribution in [0.15, 0.2) is 5.11 Å². The van der Waals surface area contributed by atoms with E-state index >= 15 is 0 Å². The average Bonchev–Trinajstić information content (AvgIpc) is 2.46. The van der Waals surface area contributed by atoms with Crippen molar-refractivity contribution in [1.29, 1.82) is 0 Å². The van der Waals surface area contributed by atoms with E-state index in [4.69, 9.17) is 5.53 Å². The third-order valence-corrected chi connectivity index (χ3v) is 3.53. The van der Waals surface area contributed by atoms with E-state index < -0.39 is 0 Å². The molecule has 1 N–H and O–H groups in total. The first-order valence-corrected chi connectivity index (χ1v) is 5.13. The molecule has 80 valence electrons. The van der Waals surface area contributed by atoms with E-state index in [2.05, 4.69) is 15.3 Å². The van der Waals surface area contributed by atoms with Gasteiger partial charge in [-0.2, -0.15) is 0 Å². The van der Waals surface area contributed by atoms with Crippen LogP contribution in [0.1, 0.15) is 19.3 Å². The Balaban J connectivity index is 0.000000980. The van der Waals surface area contributed by atoms with Crippen LogP contribution in [0.3, 0.4) is 0 Å². The zero-order chi connectivity index (χ0) is 9.10. The van der Waals surface area contributed by atoms with Gasteiger partial charge in [-0.15, -0.1) is 12.4 Å². The van der Waals surface area contributed by atoms with Crippen molar-refractivity contribution in [3.63, 3.8) is 0 Å². The highest BCUT2D eigenvalue weighted by Gasteiger charge is 2.35. The minimum atomic E-state index is 0. The lowest BCUT2D eigenvalue weighted by Crippen LogP contribution is -2.29. The van der Waals surface area contributed by atoms with E-state index in [0.29, 0.717) is 12.5 Å². The second kappa shape index (κ2) is 5.44. The van der Waals surface area contributed by atoms with Gasteiger partial charge in [0, 0.05) is 11.5 Å². The molecular formula is C9H17ClN4. The van der Waals surface area contributed by atoms with Crippen LogP contribution in [-0.2, 0) is 0 Å². The second-order valence-corrected chi connectivity index (χ2v) is 4.19. The molecule has 2 unspecified atom stereocenters. The van der Waals surface area contributed by atoms with Gasteiger partial charge in [-0.05, 0) is 36.4 Å². The van der Waals surface area contributed by atoms with Crippen molar-refractivity contribution in [2.45, 2.75) is 19.3 Å². The molecular weight excluding hydrogens is 200 g/mol. The molecule has 4 nitrogen and oxygen atoms in total. The topological polar surface area (TPSA) is 60.8 Å². The molecule has 2 aliphatic rings. The van der Waals surface area contributed by atoms with Gasteiger partial charge < -0.3 is 5.32 Å². The van der Waals surface area contributed by atoms with Crippen molar-refractivity contribution < 1.29 is 0 Å². The Bertz CT molecular complexity index is 223. The zero-order valence-corrected chi connectivity index (χ0v) is 9.04. The van der Waals surface area contributed by atoms with Crippen LogP contribution >= 0.6 is 12.4 Å². The normalized spacial score (nSPS) is 31.4. The molecule has 1 saturated carbocycles. The molecule has 1 heterocycles. The Labute approximate surface area is 90.5 Å². The van der Waals surface area contributed by atoms with Gasteiger partial charge in [-0.1, -0.05) is 24.4 Å². The van der Waals surface area contributed by atoms with Crippen LogP contribution in [0.4, 0.5) is 0 Å². The molecule has 0 aromatic carbocycles. The highest BCUT2D eigenvalue weighted by molar-refractivity contribution is 5.85. The van der Waals surface area contributed by atoms with Crippen LogP contribution in [0.2, 0.25) is 0 Å². The number of rotatable bonds is 3. The number of nitrogens with one attached hydrogen (secondary N) is 1. The summed E-state index contributed by atoms with van der Waals surface area (Å²) in [6, 6.07) is 0. The van der Waals surface area contributed by atoms with Gasteiger partial charge in [0.25, 0.3) is 0 Å². The lowest BCUT2D eigenvalue weighted by molar-refractivity contribution is 0.182. The fourth-order valence-corrected chi connectivity index (χ4v) is 2.51. The summed E-state index contributed by atoms with van der Waals surface area (Å²) in [6.45, 7) is 2.86. The smallest absolute Gasteiger partial charge is 0.0301 e. The Morgan fingerprint density at radius 1 is 1.36 bits per heavy atom. The lowest BCUT2D eigenvalue weighted by Gasteiger charge is -2.33. The summed E-state index contributed by atoms with van der Waals surface area (Å²) in [5, 5.41) is 7.08. The quantitative estimate of drug-likeness (QED) is 0.440. The molecule has 1 aliphatic heterocycles. The summed E-state index contributed by atoms with van der Waals surface area (Å²) in [7, 11) is 0. The SMILES string of the molecule is Cl.[N-]=[N+]=NCC1CNCC1C1CCC1. The van der Waals surface area contributed by atoms with Crippen molar-refractivity contribution in [3.05, 3.63) is 10.4 Å². The molecule has 0 aromatic heterocycles. The van der Waals surface area contributed by atoms with Crippen LogP contribution in [0, 0.1) is 17.8 Å². The largest absolute Gasteiger partial charge is 0.316 e. The molecule has 0 aromatic rings. The standard InChI is InChI=1S/C9H16N4.ClH/c10-13-12-5-8-4-11-6-9(8)7-2-1-3-7;/h7-9,11H,1-6H2;1H. The molecule has 2 rings (SSSR count). The van der Waals surface area contributed by atoms with Gasteiger partial charge in [0.2, 0.25) is 0 Å². The summed E-state index contributed by atoms with van der Waals surface area (Å²) < 4.78 is 0. The number of nitrogens with zero attached hydrogens (tertiary/aromatic N) is 3. The van der Waals surface area contributed by atoms with Crippen LogP contribution < -0.4 is 5.32 Å². The molecule has 2 atom stereocenters. The van der Waals surface area contributed by atoms with Crippen LogP contribution in [0.25, 0.3) is 10.4 Å². The van der Waals surface area contributed by atoms with Gasteiger partial charge in [0.05, 0.1) is 0 Å². The van der Waals surface area contributed by atoms with Crippen molar-refractivity contribution in [1.82, 2.24) is 5.32 Å². The van der Waals surface area contributed by atoms with Gasteiger partial charge in [-0.25, -0.2) is 0 Å². The first-order chi connectivity index (χ1) is 6.42. The number of azide groups is 1. The highest BCUT2D eigenvalue weighted by atomic mass is 35.5. The van der Waals surface area contributed by atoms with E-state index in [0.717, 1.165) is 24.9 Å². The van der Waals surface area contributed by atoms with Crippen molar-refractivity contribution in [2.75, 3.05) is 19.6 Å². The second-order valence-electron chi connectivity index (χ2n) is 4.19. The molecule has 0 radical (unpaired) electrons. The monoisotopic (exact) mass is 216 g/mol. The summed E-state index contributed by atoms with van der Waals surface area (Å²) in [6.07, 6.45) is 4.17. The van der Waals surface area contributed by atoms with Crippen molar-refractivity contribution in [2.24, 2.45) is 22.9 Å². The van der Waals surface area contributed by atoms with Crippen molar-refractivity contribution in [3.8, 4) is 0 Å². The summed E-state index contributed by atoms with van der Waals surface area (Å²) in [5.41, 5.74) is 8.26. The maximum atomic E-state index is 8.26. The number of halogens is 1. The van der Waals surface area contributed by atoms with Crippen molar-refractivity contribution >= 4 is 12.4 Å². The van der Waals surface area contributed by atoms with E-state index in [1.807, 2.05) is 0 Å². The average molecular weight is 217 g/mol. The Hall–Kier alpha value is -0.440. The van der Waals surface area contributed by atoms with Gasteiger partial charge >= 0.3 is 0 Å². The minimum absolute atomic E-state index is 0. The first kappa shape index (κ1) is 11.6. The Morgan fingerprint density at radius 2 is 2.14 bits per heavy atom. The number of hydrogen-bond donors (Lipinski definition) is 1. The number of hydrogen-bond acceptors (Lipinski definition) is 2. The maximum absolute atomic E-state index is 8.26. The summed E-state index contributed by atoms with van der Waals surface area (Å²) >= 11 is 0. The van der Waals surface area contributed by atoms with E-state index in [-0.39, 0.29) is 12.4 Å². The molecule has 0 amide bonds. The van der Waals surface area contributed by atoms with E-state index in [1.54, 1.807) is 0 Å². The zero-order valence-electron chi connectivity index (χ0n) is 8.22. The molecule has 14 heavy (non-hydrogen) atoms. The predicted octanol–water partition coefficient (Wildman–Crippen LogP) is 2.35. The third-order valence-electron chi connectivity index (χ3n) is 3.53. The summed E-state index contributed by atoms with van der Waals surface area (Å²) in [5.74, 6) is 2.29. The summed E-state index contributed by atoms with van der Waals surface area (Å²) in [4.78, 5) is 2.83. The highest BCUT2D eigenvalue weighted by Crippen LogP contribution is 2.38. The van der Waals surface area contributed by atoms with Gasteiger partial charge in [0.1, 0.15) is 0 Å². The van der Waals surface area contributed by atoms with Crippen LogP contribution in [-0.4, -0.2) is 19.6 Å². The molecule has 5 heteroatoms. The Kier molecular flexibility index (Phi) is 4.52. The fraction of sp³-hybridized carbons (Fsp3) is 1.00. The van der Waals surface area contributed by atoms with Gasteiger partial charge in [-0.3, -0.25) is 0 Å². The molecule has 0 spiro atoms. The predicted molar refractivity (Wildman–Crippen MR) is 58.5 cm³/mol. The molecule has 1 aliphatic carbocycles. The lowest BCUT2D eigenvalue weighted by atomic mass is 9.72. The first-order valence-electron chi connectivity index (χ1n) is 5.13. The van der Waals surface area contributed by atoms with Crippen LogP contribution in [0.5, 0.6) is 0 Å². The van der Waals surface area contributed by atoms with Gasteiger partial charge in [0.15, 0.2) is 0 Å². The Morgan fingerprint density at radius 3 is 2.71 bits per heavy atom. The minimum Gasteiger partial charge on any atom is -0.316 e. The molecule has 2 fully saturated rings. The molecule has 0 bridgehead atoms. The third kappa shape index (κ3) is 2.32. The van der Waals surface area contributed by atoms with E-state index in [9.17, 15) is 0 Å². The fourth-order valence-electron chi connectivity index (χ4n) is 2.51. The molecule has 1 saturated heterocycles.